The molecule has 0 atom stereocenters. The third-order valence-corrected chi connectivity index (χ3v) is 5.79. The fraction of sp³-hybridized carbons (Fsp3) is 0.316. The summed E-state index contributed by atoms with van der Waals surface area (Å²) in [6.07, 6.45) is 1.71. The molecule has 0 radical (unpaired) electrons. The van der Waals surface area contributed by atoms with E-state index in [1.807, 2.05) is 6.07 Å². The second-order valence-electron chi connectivity index (χ2n) is 6.21. The van der Waals surface area contributed by atoms with Crippen LogP contribution in [0.4, 0.5) is 11.4 Å². The van der Waals surface area contributed by atoms with Crippen molar-refractivity contribution in [2.24, 2.45) is 0 Å². The lowest BCUT2D eigenvalue weighted by atomic mass is 10.0. The number of hydrogen-bond donors (Lipinski definition) is 1. The molecule has 1 aliphatic heterocycles. The van der Waals surface area contributed by atoms with Crippen molar-refractivity contribution in [3.05, 3.63) is 48.0 Å². The maximum absolute atomic E-state index is 12.6. The monoisotopic (exact) mass is 390 g/mol. The first-order valence-electron chi connectivity index (χ1n) is 8.53. The molecular weight excluding hydrogens is 368 g/mol. The number of methoxy groups -OCH3 is 2. The van der Waals surface area contributed by atoms with Gasteiger partial charge >= 0.3 is 0 Å². The van der Waals surface area contributed by atoms with Gasteiger partial charge in [-0.2, -0.15) is 0 Å². The number of hydrogen-bond acceptors (Lipinski definition) is 5. The van der Waals surface area contributed by atoms with Crippen LogP contribution in [0.25, 0.3) is 0 Å². The third-order valence-electron chi connectivity index (χ3n) is 4.39. The van der Waals surface area contributed by atoms with Crippen molar-refractivity contribution in [3.8, 4) is 5.75 Å². The number of anilines is 2. The van der Waals surface area contributed by atoms with Crippen LogP contribution in [-0.4, -0.2) is 41.7 Å². The predicted octanol–water partition coefficient (Wildman–Crippen LogP) is 2.42. The van der Waals surface area contributed by atoms with Gasteiger partial charge in [0.05, 0.1) is 17.7 Å². The Morgan fingerprint density at radius 2 is 1.89 bits per heavy atom. The van der Waals surface area contributed by atoms with E-state index >= 15 is 0 Å². The van der Waals surface area contributed by atoms with Crippen LogP contribution in [0.15, 0.2) is 47.4 Å². The number of carbonyl (C=O) groups is 1. The van der Waals surface area contributed by atoms with E-state index < -0.39 is 10.0 Å². The number of ether oxygens (including phenoxy) is 2. The van der Waals surface area contributed by atoms with Gasteiger partial charge in [0.1, 0.15) is 12.4 Å². The number of nitrogens with zero attached hydrogens (tertiary/aromatic N) is 1. The Labute approximate surface area is 158 Å². The average Bonchev–Trinajstić information content (AvgIpc) is 2.67. The van der Waals surface area contributed by atoms with E-state index in [1.54, 1.807) is 29.2 Å². The third kappa shape index (κ3) is 4.23. The molecule has 0 saturated heterocycles. The van der Waals surface area contributed by atoms with Gasteiger partial charge in [-0.3, -0.25) is 9.52 Å². The SMILES string of the molecule is COCC(=O)N1CCCc2ccc(NS(=O)(=O)c3ccc(OC)cc3)cc21. The Hall–Kier alpha value is -2.58. The fourth-order valence-corrected chi connectivity index (χ4v) is 4.12. The summed E-state index contributed by atoms with van der Waals surface area (Å²) in [6.45, 7) is 0.575. The molecule has 144 valence electrons. The number of carbonyl (C=O) groups excluding carboxylic acids is 1. The fourth-order valence-electron chi connectivity index (χ4n) is 3.07. The highest BCUT2D eigenvalue weighted by atomic mass is 32.2. The van der Waals surface area contributed by atoms with Crippen molar-refractivity contribution in [2.45, 2.75) is 17.7 Å². The van der Waals surface area contributed by atoms with Gasteiger partial charge in [-0.15, -0.1) is 0 Å². The molecule has 0 spiro atoms. The average molecular weight is 390 g/mol. The number of aryl methyl sites for hydroxylation is 1. The van der Waals surface area contributed by atoms with Crippen LogP contribution in [-0.2, 0) is 26.0 Å². The molecule has 0 saturated carbocycles. The summed E-state index contributed by atoms with van der Waals surface area (Å²) in [5.74, 6) is 0.434. The molecule has 0 unspecified atom stereocenters. The van der Waals surface area contributed by atoms with Crippen LogP contribution in [0, 0.1) is 0 Å². The summed E-state index contributed by atoms with van der Waals surface area (Å²) >= 11 is 0. The van der Waals surface area contributed by atoms with Crippen molar-refractivity contribution in [1.29, 1.82) is 0 Å². The van der Waals surface area contributed by atoms with Gasteiger partial charge in [0, 0.05) is 19.3 Å². The zero-order chi connectivity index (χ0) is 19.4. The Morgan fingerprint density at radius 3 is 2.56 bits per heavy atom. The Morgan fingerprint density at radius 1 is 1.15 bits per heavy atom. The molecule has 1 N–H and O–H groups in total. The van der Waals surface area contributed by atoms with Crippen molar-refractivity contribution in [3.63, 3.8) is 0 Å². The normalized spacial score (nSPS) is 13.8. The number of amides is 1. The molecule has 0 bridgehead atoms. The maximum atomic E-state index is 12.6. The van der Waals surface area contributed by atoms with Gasteiger partial charge in [0.15, 0.2) is 0 Å². The molecule has 2 aromatic carbocycles. The highest BCUT2D eigenvalue weighted by Crippen LogP contribution is 2.31. The van der Waals surface area contributed by atoms with Gasteiger partial charge in [-0.05, 0) is 54.8 Å². The first kappa shape index (κ1) is 19.2. The summed E-state index contributed by atoms with van der Waals surface area (Å²) in [7, 11) is -0.753. The van der Waals surface area contributed by atoms with E-state index in [0.717, 1.165) is 24.1 Å². The molecule has 3 rings (SSSR count). The molecule has 1 amide bonds. The number of benzene rings is 2. The van der Waals surface area contributed by atoms with Crippen molar-refractivity contribution in [2.75, 3.05) is 37.0 Å². The van der Waals surface area contributed by atoms with Crippen LogP contribution in [0.3, 0.4) is 0 Å². The van der Waals surface area contributed by atoms with Crippen molar-refractivity contribution in [1.82, 2.24) is 0 Å². The summed E-state index contributed by atoms with van der Waals surface area (Å²) < 4.78 is 37.8. The molecule has 27 heavy (non-hydrogen) atoms. The van der Waals surface area contributed by atoms with E-state index in [9.17, 15) is 13.2 Å². The van der Waals surface area contributed by atoms with E-state index in [1.165, 1.54) is 26.4 Å². The lowest BCUT2D eigenvalue weighted by Crippen LogP contribution is -2.37. The first-order valence-corrected chi connectivity index (χ1v) is 10.0. The minimum absolute atomic E-state index is 0.0127. The highest BCUT2D eigenvalue weighted by Gasteiger charge is 2.23. The summed E-state index contributed by atoms with van der Waals surface area (Å²) in [5, 5.41) is 0. The maximum Gasteiger partial charge on any atom is 0.261 e. The van der Waals surface area contributed by atoms with E-state index in [0.29, 0.717) is 18.0 Å². The minimum atomic E-state index is -3.75. The highest BCUT2D eigenvalue weighted by molar-refractivity contribution is 7.92. The minimum Gasteiger partial charge on any atom is -0.497 e. The van der Waals surface area contributed by atoms with Gasteiger partial charge in [0.25, 0.3) is 15.9 Å². The lowest BCUT2D eigenvalue weighted by molar-refractivity contribution is -0.122. The van der Waals surface area contributed by atoms with Gasteiger partial charge in [-0.1, -0.05) is 6.07 Å². The van der Waals surface area contributed by atoms with Gasteiger partial charge < -0.3 is 14.4 Å². The van der Waals surface area contributed by atoms with Crippen molar-refractivity contribution < 1.29 is 22.7 Å². The lowest BCUT2D eigenvalue weighted by Gasteiger charge is -2.30. The Bertz CT molecular complexity index is 926. The molecular formula is C19H22N2O5S. The van der Waals surface area contributed by atoms with Crippen LogP contribution in [0.5, 0.6) is 5.75 Å². The predicted molar refractivity (Wildman–Crippen MR) is 103 cm³/mol. The first-order chi connectivity index (χ1) is 12.9. The van der Waals surface area contributed by atoms with Gasteiger partial charge in [0.2, 0.25) is 0 Å². The summed E-state index contributed by atoms with van der Waals surface area (Å²) in [4.78, 5) is 14.1. The number of sulfonamides is 1. The Kier molecular flexibility index (Phi) is 5.67. The second kappa shape index (κ2) is 7.98. The molecule has 7 nitrogen and oxygen atoms in total. The molecule has 1 heterocycles. The van der Waals surface area contributed by atoms with Crippen LogP contribution >= 0.6 is 0 Å². The molecule has 8 heteroatoms. The number of nitrogens with one attached hydrogen (secondary N) is 1. The van der Waals surface area contributed by atoms with Crippen LogP contribution in [0.1, 0.15) is 12.0 Å². The zero-order valence-electron chi connectivity index (χ0n) is 15.3. The van der Waals surface area contributed by atoms with Crippen LogP contribution < -0.4 is 14.4 Å². The molecule has 0 fully saturated rings. The molecule has 1 aliphatic rings. The number of rotatable bonds is 6. The zero-order valence-corrected chi connectivity index (χ0v) is 16.1. The molecule has 0 aromatic heterocycles. The molecule has 2 aromatic rings. The Balaban J connectivity index is 1.87. The smallest absolute Gasteiger partial charge is 0.261 e. The quantitative estimate of drug-likeness (QED) is 0.819. The van der Waals surface area contributed by atoms with E-state index in [4.69, 9.17) is 9.47 Å². The van der Waals surface area contributed by atoms with Gasteiger partial charge in [-0.25, -0.2) is 8.42 Å². The van der Waals surface area contributed by atoms with E-state index in [-0.39, 0.29) is 17.4 Å². The molecule has 0 aliphatic carbocycles. The topological polar surface area (TPSA) is 84.9 Å². The summed E-state index contributed by atoms with van der Waals surface area (Å²) in [5.41, 5.74) is 2.14. The van der Waals surface area contributed by atoms with Crippen LogP contribution in [0.2, 0.25) is 0 Å². The second-order valence-corrected chi connectivity index (χ2v) is 7.89. The largest absolute Gasteiger partial charge is 0.497 e. The van der Waals surface area contributed by atoms with E-state index in [2.05, 4.69) is 4.72 Å². The number of fused-ring (bicyclic) bond motifs is 1. The standard InChI is InChI=1S/C19H22N2O5S/c1-25-13-19(22)21-11-3-4-14-5-6-15(12-18(14)21)20-27(23,24)17-9-7-16(26-2)8-10-17/h5-10,12,20H,3-4,11,13H2,1-2H3. The van der Waals surface area contributed by atoms with Crippen molar-refractivity contribution >= 4 is 27.3 Å². The summed E-state index contributed by atoms with van der Waals surface area (Å²) in [6, 6.07) is 11.4.